The van der Waals surface area contributed by atoms with Gasteiger partial charge >= 0.3 is 11.8 Å². The number of imide groups is 1. The number of benzene rings is 1. The molecule has 4 amide bonds. The van der Waals surface area contributed by atoms with Gasteiger partial charge in [0, 0.05) is 12.8 Å². The average molecular weight is 434 g/mol. The maximum atomic E-state index is 13.9. The average Bonchev–Trinajstić information content (AvgIpc) is 3.43. The van der Waals surface area contributed by atoms with E-state index in [1.165, 1.54) is 12.1 Å². The third-order valence-electron chi connectivity index (χ3n) is 6.67. The minimum atomic E-state index is -1.04. The number of nitrogens with two attached hydrogens (primary N) is 1. The second-order valence-corrected chi connectivity index (χ2v) is 8.61. The number of hydrogen-bond acceptors (Lipinski definition) is 5. The Kier molecular flexibility index (Phi) is 7.17. The van der Waals surface area contributed by atoms with Gasteiger partial charge in [0.15, 0.2) is 6.04 Å². The maximum Gasteiger partial charge on any atom is 0.353 e. The van der Waals surface area contributed by atoms with Crippen molar-refractivity contribution in [3.63, 3.8) is 0 Å². The Morgan fingerprint density at radius 1 is 1.16 bits per heavy atom. The summed E-state index contributed by atoms with van der Waals surface area (Å²) in [4.78, 5) is 50.9. The first-order chi connectivity index (χ1) is 14.8. The summed E-state index contributed by atoms with van der Waals surface area (Å²) in [5.41, 5.74) is 5.72. The van der Waals surface area contributed by atoms with E-state index in [2.05, 4.69) is 0 Å². The van der Waals surface area contributed by atoms with Crippen molar-refractivity contribution in [2.75, 3.05) is 13.1 Å². The summed E-state index contributed by atoms with van der Waals surface area (Å²) in [5.74, 6) is -3.01. The normalized spacial score (nSPS) is 24.6. The topological polar surface area (TPSA) is 118 Å². The van der Waals surface area contributed by atoms with Crippen LogP contribution in [-0.4, -0.2) is 58.0 Å². The Morgan fingerprint density at radius 2 is 1.81 bits per heavy atom. The van der Waals surface area contributed by atoms with Crippen LogP contribution in [0.15, 0.2) is 24.3 Å². The summed E-state index contributed by atoms with van der Waals surface area (Å²) >= 11 is 0. The highest BCUT2D eigenvalue weighted by atomic mass is 19.1. The van der Waals surface area contributed by atoms with Crippen LogP contribution < -0.4 is 5.73 Å². The summed E-state index contributed by atoms with van der Waals surface area (Å²) in [7, 11) is 0. The molecule has 0 bridgehead atoms. The standard InChI is InChI=1S/C22H28FN3O5/c23-18-9-7-16(8-10-18)21(29)26(11-3-6-19(26)20(24)28)22(30)17(13-25(31)14-27)12-15-4-1-2-5-15/h7-10,14-15,17,19,31H,1-6,11-13H2,(H-,24,28)/p+1/t17-,19+,26?/m1/s1. The number of primary amides is 1. The van der Waals surface area contributed by atoms with Crippen LogP contribution in [0, 0.1) is 17.7 Å². The van der Waals surface area contributed by atoms with Gasteiger partial charge < -0.3 is 5.73 Å². The lowest BCUT2D eigenvalue weighted by molar-refractivity contribution is -0.777. The summed E-state index contributed by atoms with van der Waals surface area (Å²) in [6.07, 6.45) is 5.30. The highest BCUT2D eigenvalue weighted by Gasteiger charge is 2.58. The van der Waals surface area contributed by atoms with E-state index >= 15 is 0 Å². The maximum absolute atomic E-state index is 13.9. The molecule has 1 aromatic carbocycles. The Bertz CT molecular complexity index is 840. The van der Waals surface area contributed by atoms with Crippen molar-refractivity contribution in [1.82, 2.24) is 5.06 Å². The first kappa shape index (κ1) is 23.0. The number of carbonyl (C=O) groups excluding carboxylic acids is 4. The van der Waals surface area contributed by atoms with Crippen molar-refractivity contribution >= 4 is 24.1 Å². The number of halogens is 1. The Hall–Kier alpha value is -2.65. The van der Waals surface area contributed by atoms with Crippen molar-refractivity contribution in [2.45, 2.75) is 51.0 Å². The van der Waals surface area contributed by atoms with Crippen molar-refractivity contribution in [1.29, 1.82) is 0 Å². The van der Waals surface area contributed by atoms with Crippen LogP contribution in [0.2, 0.25) is 0 Å². The van der Waals surface area contributed by atoms with Gasteiger partial charge in [-0.25, -0.2) is 19.0 Å². The van der Waals surface area contributed by atoms with Crippen LogP contribution in [0.25, 0.3) is 0 Å². The number of nitrogens with zero attached hydrogens (tertiary/aromatic N) is 2. The zero-order chi connectivity index (χ0) is 22.6. The second-order valence-electron chi connectivity index (χ2n) is 8.61. The summed E-state index contributed by atoms with van der Waals surface area (Å²) in [5, 5.41) is 10.2. The van der Waals surface area contributed by atoms with Crippen molar-refractivity contribution in [2.24, 2.45) is 17.6 Å². The summed E-state index contributed by atoms with van der Waals surface area (Å²) in [6, 6.07) is 3.79. The fourth-order valence-electron chi connectivity index (χ4n) is 5.20. The smallest absolute Gasteiger partial charge is 0.353 e. The van der Waals surface area contributed by atoms with Crippen LogP contribution in [0.4, 0.5) is 4.39 Å². The highest BCUT2D eigenvalue weighted by molar-refractivity contribution is 5.99. The van der Waals surface area contributed by atoms with Crippen LogP contribution in [0.5, 0.6) is 0 Å². The Labute approximate surface area is 180 Å². The fraction of sp³-hybridized carbons (Fsp3) is 0.545. The van der Waals surface area contributed by atoms with Gasteiger partial charge in [-0.05, 0) is 36.6 Å². The molecule has 1 aromatic rings. The largest absolute Gasteiger partial charge is 0.364 e. The third kappa shape index (κ3) is 4.67. The van der Waals surface area contributed by atoms with Gasteiger partial charge in [0.1, 0.15) is 5.82 Å². The molecule has 2 aliphatic rings. The minimum absolute atomic E-state index is 0.0936. The molecule has 0 aromatic heterocycles. The molecule has 3 atom stereocenters. The number of hydroxylamine groups is 2. The van der Waals surface area contributed by atoms with Crippen molar-refractivity contribution < 1.29 is 33.3 Å². The molecule has 9 heteroatoms. The van der Waals surface area contributed by atoms with Gasteiger partial charge in [0.25, 0.3) is 5.91 Å². The van der Waals surface area contributed by atoms with E-state index in [0.29, 0.717) is 17.9 Å². The lowest BCUT2D eigenvalue weighted by Crippen LogP contribution is -2.65. The number of carbonyl (C=O) groups is 4. The van der Waals surface area contributed by atoms with E-state index in [4.69, 9.17) is 5.73 Å². The first-order valence-corrected chi connectivity index (χ1v) is 10.7. The molecular weight excluding hydrogens is 405 g/mol. The van der Waals surface area contributed by atoms with Crippen LogP contribution in [0.1, 0.15) is 55.3 Å². The molecule has 1 saturated carbocycles. The minimum Gasteiger partial charge on any atom is -0.364 e. The molecule has 1 unspecified atom stereocenters. The third-order valence-corrected chi connectivity index (χ3v) is 6.67. The molecule has 8 nitrogen and oxygen atoms in total. The zero-order valence-electron chi connectivity index (χ0n) is 17.4. The number of likely N-dealkylation sites (tertiary alicyclic amines) is 1. The zero-order valence-corrected chi connectivity index (χ0v) is 17.4. The predicted molar refractivity (Wildman–Crippen MR) is 108 cm³/mol. The van der Waals surface area contributed by atoms with E-state index in [1.807, 2.05) is 0 Å². The highest BCUT2D eigenvalue weighted by Crippen LogP contribution is 2.37. The Morgan fingerprint density at radius 3 is 2.39 bits per heavy atom. The number of rotatable bonds is 8. The van der Waals surface area contributed by atoms with Gasteiger partial charge in [-0.15, -0.1) is 0 Å². The molecule has 31 heavy (non-hydrogen) atoms. The summed E-state index contributed by atoms with van der Waals surface area (Å²) in [6.45, 7) is -0.169. The van der Waals surface area contributed by atoms with Crippen LogP contribution in [0.3, 0.4) is 0 Å². The van der Waals surface area contributed by atoms with Gasteiger partial charge in [-0.3, -0.25) is 14.8 Å². The molecule has 1 heterocycles. The fourth-order valence-corrected chi connectivity index (χ4v) is 5.20. The molecule has 168 valence electrons. The van der Waals surface area contributed by atoms with Crippen LogP contribution in [-0.2, 0) is 14.4 Å². The van der Waals surface area contributed by atoms with Crippen molar-refractivity contribution in [3.05, 3.63) is 35.6 Å². The molecular formula is C22H29FN3O5+. The predicted octanol–water partition coefficient (Wildman–Crippen LogP) is 2.00. The second kappa shape index (κ2) is 9.65. The molecule has 3 rings (SSSR count). The van der Waals surface area contributed by atoms with Gasteiger partial charge in [0.2, 0.25) is 6.41 Å². The first-order valence-electron chi connectivity index (χ1n) is 10.7. The molecule has 2 fully saturated rings. The molecule has 0 spiro atoms. The van der Waals surface area contributed by atoms with E-state index in [1.54, 1.807) is 0 Å². The monoisotopic (exact) mass is 434 g/mol. The lowest BCUT2D eigenvalue weighted by atomic mass is 9.90. The quantitative estimate of drug-likeness (QED) is 0.281. The van der Waals surface area contributed by atoms with E-state index < -0.39 is 40.0 Å². The van der Waals surface area contributed by atoms with E-state index in [9.17, 15) is 28.8 Å². The van der Waals surface area contributed by atoms with Crippen molar-refractivity contribution in [3.8, 4) is 0 Å². The lowest BCUT2D eigenvalue weighted by Gasteiger charge is -2.36. The van der Waals surface area contributed by atoms with Gasteiger partial charge in [0.05, 0.1) is 24.6 Å². The SMILES string of the molecule is NC(=O)[C@@H]1CCC[N+]1(C(=O)c1ccc(F)cc1)C(=O)[C@H](CC1CCCC1)CN(O)C=O. The molecule has 0 radical (unpaired) electrons. The van der Waals surface area contributed by atoms with Gasteiger partial charge in [-0.1, -0.05) is 25.7 Å². The van der Waals surface area contributed by atoms with Crippen LogP contribution >= 0.6 is 0 Å². The van der Waals surface area contributed by atoms with E-state index in [0.717, 1.165) is 37.8 Å². The molecule has 1 aliphatic heterocycles. The van der Waals surface area contributed by atoms with Gasteiger partial charge in [-0.2, -0.15) is 4.48 Å². The number of quaternary nitrogens is 1. The number of amides is 4. The van der Waals surface area contributed by atoms with E-state index in [-0.39, 0.29) is 37.4 Å². The molecule has 3 N–H and O–H groups in total. The summed E-state index contributed by atoms with van der Waals surface area (Å²) < 4.78 is 12.6. The molecule has 1 saturated heterocycles. The number of hydrogen-bond donors (Lipinski definition) is 2. The Balaban J connectivity index is 2.02. The molecule has 1 aliphatic carbocycles.